The topological polar surface area (TPSA) is 81.9 Å². The van der Waals surface area contributed by atoms with Crippen LogP contribution >= 0.6 is 23.2 Å². The molecule has 4 aromatic rings. The Labute approximate surface area is 186 Å². The molecule has 31 heavy (non-hydrogen) atoms. The first-order chi connectivity index (χ1) is 15.0. The molecule has 10 heteroatoms. The van der Waals surface area contributed by atoms with Crippen LogP contribution < -0.4 is 10.1 Å². The van der Waals surface area contributed by atoms with Gasteiger partial charge in [-0.25, -0.2) is 14.4 Å². The van der Waals surface area contributed by atoms with Gasteiger partial charge < -0.3 is 10.1 Å². The summed E-state index contributed by atoms with van der Waals surface area (Å²) in [5, 5.41) is 7.41. The molecule has 0 aliphatic rings. The Hall–Kier alpha value is -3.49. The van der Waals surface area contributed by atoms with Crippen LogP contribution in [0, 0.1) is 5.82 Å². The molecular weight excluding hydrogens is 444 g/mol. The molecule has 2 aromatic carbocycles. The Morgan fingerprint density at radius 2 is 1.71 bits per heavy atom. The van der Waals surface area contributed by atoms with E-state index in [1.54, 1.807) is 24.3 Å². The lowest BCUT2D eigenvalue weighted by Gasteiger charge is -2.09. The molecule has 1 amide bonds. The van der Waals surface area contributed by atoms with Crippen molar-refractivity contribution in [2.75, 3.05) is 0 Å². The molecule has 0 aliphatic heterocycles. The van der Waals surface area contributed by atoms with E-state index in [2.05, 4.69) is 20.4 Å². The molecule has 0 atom stereocenters. The number of nitrogens with zero attached hydrogens (tertiary/aromatic N) is 4. The number of hydrogen-bond acceptors (Lipinski definition) is 5. The van der Waals surface area contributed by atoms with Crippen molar-refractivity contribution in [1.29, 1.82) is 0 Å². The van der Waals surface area contributed by atoms with Gasteiger partial charge in [0, 0.05) is 12.7 Å². The minimum absolute atomic E-state index is 0.0352. The summed E-state index contributed by atoms with van der Waals surface area (Å²) in [4.78, 5) is 20.7. The van der Waals surface area contributed by atoms with Crippen LogP contribution in [0.4, 0.5) is 4.39 Å². The zero-order valence-corrected chi connectivity index (χ0v) is 17.3. The maximum atomic E-state index is 13.0. The molecule has 0 radical (unpaired) electrons. The average molecular weight is 458 g/mol. The van der Waals surface area contributed by atoms with E-state index in [1.165, 1.54) is 35.4 Å². The van der Waals surface area contributed by atoms with E-state index in [0.717, 1.165) is 5.56 Å². The normalized spacial score (nSPS) is 10.7. The maximum absolute atomic E-state index is 13.0. The molecule has 156 valence electrons. The number of halogens is 3. The Morgan fingerprint density at radius 3 is 2.39 bits per heavy atom. The number of aromatic nitrogens is 4. The van der Waals surface area contributed by atoms with Gasteiger partial charge in [-0.1, -0.05) is 35.3 Å². The predicted molar refractivity (Wildman–Crippen MR) is 113 cm³/mol. The smallest absolute Gasteiger partial charge is 0.289 e. The summed E-state index contributed by atoms with van der Waals surface area (Å²) in [6, 6.07) is 14.4. The van der Waals surface area contributed by atoms with E-state index in [-0.39, 0.29) is 29.0 Å². The second-order valence-electron chi connectivity index (χ2n) is 6.34. The first-order valence-electron chi connectivity index (χ1n) is 9.01. The fourth-order valence-electron chi connectivity index (χ4n) is 2.69. The fourth-order valence-corrected chi connectivity index (χ4v) is 3.15. The van der Waals surface area contributed by atoms with Crippen LogP contribution in [0.2, 0.25) is 10.0 Å². The predicted octanol–water partition coefficient (Wildman–Crippen LogP) is 4.83. The highest BCUT2D eigenvalue weighted by Crippen LogP contribution is 2.23. The van der Waals surface area contributed by atoms with Crippen molar-refractivity contribution in [3.63, 3.8) is 0 Å². The summed E-state index contributed by atoms with van der Waals surface area (Å²) in [6.07, 6.45) is 2.64. The van der Waals surface area contributed by atoms with Gasteiger partial charge in [0.15, 0.2) is 5.82 Å². The van der Waals surface area contributed by atoms with Gasteiger partial charge in [-0.05, 0) is 48.0 Å². The molecule has 4 rings (SSSR count). The van der Waals surface area contributed by atoms with Crippen molar-refractivity contribution in [3.8, 4) is 17.3 Å². The van der Waals surface area contributed by atoms with Gasteiger partial charge in [-0.2, -0.15) is 9.78 Å². The van der Waals surface area contributed by atoms with Crippen molar-refractivity contribution in [2.45, 2.75) is 6.54 Å². The Bertz CT molecular complexity index is 1210. The summed E-state index contributed by atoms with van der Waals surface area (Å²) in [6.45, 7) is 0.254. The summed E-state index contributed by atoms with van der Waals surface area (Å²) in [7, 11) is 0. The van der Waals surface area contributed by atoms with E-state index in [0.29, 0.717) is 16.5 Å². The third-order valence-corrected chi connectivity index (χ3v) is 4.65. The van der Waals surface area contributed by atoms with Gasteiger partial charge >= 0.3 is 0 Å². The van der Waals surface area contributed by atoms with E-state index < -0.39 is 5.91 Å². The SMILES string of the molecule is O=C(NCc1ccc(Oc2ccc(F)cc2)cc1)c1ncnn1-c1ncc(Cl)cc1Cl. The lowest BCUT2D eigenvalue weighted by molar-refractivity contribution is 0.0938. The van der Waals surface area contributed by atoms with Gasteiger partial charge in [0.05, 0.1) is 10.0 Å². The Kier molecular flexibility index (Phi) is 6.11. The van der Waals surface area contributed by atoms with Crippen LogP contribution in [-0.2, 0) is 6.54 Å². The highest BCUT2D eigenvalue weighted by Gasteiger charge is 2.18. The molecule has 0 spiro atoms. The summed E-state index contributed by atoms with van der Waals surface area (Å²) < 4.78 is 19.9. The zero-order valence-electron chi connectivity index (χ0n) is 15.8. The molecule has 7 nitrogen and oxygen atoms in total. The molecule has 2 heterocycles. The minimum Gasteiger partial charge on any atom is -0.457 e. The summed E-state index contributed by atoms with van der Waals surface area (Å²) in [5.74, 6) is 0.616. The quantitative estimate of drug-likeness (QED) is 0.448. The number of benzene rings is 2. The number of carbonyl (C=O) groups excluding carboxylic acids is 1. The van der Waals surface area contributed by atoms with Crippen molar-refractivity contribution >= 4 is 29.1 Å². The number of hydrogen-bond donors (Lipinski definition) is 1. The van der Waals surface area contributed by atoms with Crippen LogP contribution in [0.25, 0.3) is 5.82 Å². The monoisotopic (exact) mass is 457 g/mol. The molecule has 0 fully saturated rings. The lowest BCUT2D eigenvalue weighted by atomic mass is 10.2. The summed E-state index contributed by atoms with van der Waals surface area (Å²) >= 11 is 12.0. The fraction of sp³-hybridized carbons (Fsp3) is 0.0476. The van der Waals surface area contributed by atoms with Crippen LogP contribution in [0.5, 0.6) is 11.5 Å². The number of nitrogens with one attached hydrogen (secondary N) is 1. The summed E-state index contributed by atoms with van der Waals surface area (Å²) in [5.41, 5.74) is 0.841. The molecule has 0 unspecified atom stereocenters. The van der Waals surface area contributed by atoms with Gasteiger partial charge in [-0.3, -0.25) is 4.79 Å². The number of amides is 1. The molecule has 0 saturated carbocycles. The molecular formula is C21H14Cl2FN5O2. The highest BCUT2D eigenvalue weighted by molar-refractivity contribution is 6.35. The van der Waals surface area contributed by atoms with E-state index in [9.17, 15) is 9.18 Å². The van der Waals surface area contributed by atoms with Gasteiger partial charge in [0.25, 0.3) is 5.91 Å². The van der Waals surface area contributed by atoms with Crippen LogP contribution in [0.15, 0.2) is 67.1 Å². The van der Waals surface area contributed by atoms with E-state index >= 15 is 0 Å². The number of carbonyl (C=O) groups is 1. The Balaban J connectivity index is 1.40. The second-order valence-corrected chi connectivity index (χ2v) is 7.18. The van der Waals surface area contributed by atoms with Gasteiger partial charge in [-0.15, -0.1) is 0 Å². The van der Waals surface area contributed by atoms with Crippen molar-refractivity contribution in [2.24, 2.45) is 0 Å². The van der Waals surface area contributed by atoms with E-state index in [1.807, 2.05) is 12.1 Å². The molecule has 0 saturated heterocycles. The van der Waals surface area contributed by atoms with Crippen molar-refractivity contribution < 1.29 is 13.9 Å². The van der Waals surface area contributed by atoms with Crippen LogP contribution in [-0.4, -0.2) is 25.7 Å². The van der Waals surface area contributed by atoms with Crippen molar-refractivity contribution in [3.05, 3.63) is 94.4 Å². The standard InChI is InChI=1S/C21H14Cl2FN5O2/c22-14-9-18(23)19(25-11-14)29-20(27-12-28-29)21(30)26-10-13-1-5-16(6-2-13)31-17-7-3-15(24)4-8-17/h1-9,11-12H,10H2,(H,26,30). The third kappa shape index (κ3) is 4.99. The molecule has 1 N–H and O–H groups in total. The first kappa shape index (κ1) is 20.8. The number of pyridine rings is 1. The van der Waals surface area contributed by atoms with Gasteiger partial charge in [0.2, 0.25) is 5.82 Å². The highest BCUT2D eigenvalue weighted by atomic mass is 35.5. The van der Waals surface area contributed by atoms with E-state index in [4.69, 9.17) is 27.9 Å². The lowest BCUT2D eigenvalue weighted by Crippen LogP contribution is -2.26. The largest absolute Gasteiger partial charge is 0.457 e. The molecule has 0 aliphatic carbocycles. The first-order valence-corrected chi connectivity index (χ1v) is 9.77. The van der Waals surface area contributed by atoms with Crippen LogP contribution in [0.1, 0.15) is 16.2 Å². The van der Waals surface area contributed by atoms with Crippen LogP contribution in [0.3, 0.4) is 0 Å². The maximum Gasteiger partial charge on any atom is 0.289 e. The second kappa shape index (κ2) is 9.11. The zero-order chi connectivity index (χ0) is 21.8. The minimum atomic E-state index is -0.447. The Morgan fingerprint density at radius 1 is 1.03 bits per heavy atom. The van der Waals surface area contributed by atoms with Crippen molar-refractivity contribution in [1.82, 2.24) is 25.1 Å². The average Bonchev–Trinajstić information content (AvgIpc) is 3.24. The number of ether oxygens (including phenoxy) is 1. The third-order valence-electron chi connectivity index (χ3n) is 4.17. The number of rotatable bonds is 6. The molecule has 0 bridgehead atoms. The van der Waals surface area contributed by atoms with Gasteiger partial charge in [0.1, 0.15) is 23.6 Å². The molecule has 2 aromatic heterocycles.